The Morgan fingerprint density at radius 2 is 1.91 bits per heavy atom. The summed E-state index contributed by atoms with van der Waals surface area (Å²) >= 11 is 7.16. The summed E-state index contributed by atoms with van der Waals surface area (Å²) in [7, 11) is -3.88. The van der Waals surface area contributed by atoms with Gasteiger partial charge in [-0.3, -0.25) is 0 Å². The van der Waals surface area contributed by atoms with E-state index < -0.39 is 21.9 Å². The SMILES string of the molecule is CSc1ccc([C@H](O)CNS(=O)(=O)c2ccc(F)c(Cl)c2)cc1. The predicted octanol–water partition coefficient (Wildman–Crippen LogP) is 3.21. The summed E-state index contributed by atoms with van der Waals surface area (Å²) in [6, 6.07) is 10.3. The van der Waals surface area contributed by atoms with Gasteiger partial charge in [0.25, 0.3) is 0 Å². The monoisotopic (exact) mass is 375 g/mol. The molecule has 0 heterocycles. The van der Waals surface area contributed by atoms with Gasteiger partial charge in [0.1, 0.15) is 5.82 Å². The van der Waals surface area contributed by atoms with E-state index in [1.165, 1.54) is 0 Å². The van der Waals surface area contributed by atoms with Crippen LogP contribution in [-0.2, 0) is 10.0 Å². The molecule has 0 aliphatic carbocycles. The van der Waals surface area contributed by atoms with Gasteiger partial charge in [-0.15, -0.1) is 11.8 Å². The molecule has 0 fully saturated rings. The number of nitrogens with one attached hydrogen (secondary N) is 1. The lowest BCUT2D eigenvalue weighted by Crippen LogP contribution is -2.28. The van der Waals surface area contributed by atoms with E-state index in [-0.39, 0.29) is 16.5 Å². The summed E-state index contributed by atoms with van der Waals surface area (Å²) in [5.41, 5.74) is 0.600. The smallest absolute Gasteiger partial charge is 0.240 e. The molecule has 0 saturated carbocycles. The van der Waals surface area contributed by atoms with E-state index in [1.807, 2.05) is 18.4 Å². The van der Waals surface area contributed by atoms with Crippen molar-refractivity contribution in [1.82, 2.24) is 4.72 Å². The number of thioether (sulfide) groups is 1. The summed E-state index contributed by atoms with van der Waals surface area (Å²) in [4.78, 5) is 0.885. The van der Waals surface area contributed by atoms with Crippen LogP contribution in [0.25, 0.3) is 0 Å². The molecule has 0 saturated heterocycles. The maximum absolute atomic E-state index is 13.1. The number of sulfonamides is 1. The Bertz CT molecular complexity index is 782. The van der Waals surface area contributed by atoms with E-state index in [9.17, 15) is 17.9 Å². The molecule has 124 valence electrons. The van der Waals surface area contributed by atoms with Crippen molar-refractivity contribution in [3.8, 4) is 0 Å². The van der Waals surface area contributed by atoms with Crippen molar-refractivity contribution in [2.75, 3.05) is 12.8 Å². The van der Waals surface area contributed by atoms with Crippen LogP contribution in [0, 0.1) is 5.82 Å². The predicted molar refractivity (Wildman–Crippen MR) is 89.8 cm³/mol. The highest BCUT2D eigenvalue weighted by Gasteiger charge is 2.18. The van der Waals surface area contributed by atoms with Gasteiger partial charge in [0.2, 0.25) is 10.0 Å². The number of halogens is 2. The van der Waals surface area contributed by atoms with Gasteiger partial charge in [-0.1, -0.05) is 23.7 Å². The van der Waals surface area contributed by atoms with Gasteiger partial charge in [0, 0.05) is 11.4 Å². The van der Waals surface area contributed by atoms with Gasteiger partial charge in [-0.05, 0) is 42.2 Å². The Labute approximate surface area is 143 Å². The highest BCUT2D eigenvalue weighted by atomic mass is 35.5. The van der Waals surface area contributed by atoms with Gasteiger partial charge >= 0.3 is 0 Å². The van der Waals surface area contributed by atoms with Crippen molar-refractivity contribution in [2.24, 2.45) is 0 Å². The lowest BCUT2D eigenvalue weighted by Gasteiger charge is -2.13. The first-order valence-electron chi connectivity index (χ1n) is 6.60. The number of benzene rings is 2. The Hall–Kier alpha value is -1.12. The summed E-state index contributed by atoms with van der Waals surface area (Å²) < 4.78 is 39.6. The van der Waals surface area contributed by atoms with Crippen LogP contribution in [0.2, 0.25) is 5.02 Å². The summed E-state index contributed by atoms with van der Waals surface area (Å²) in [5, 5.41) is 9.80. The van der Waals surface area contributed by atoms with Crippen molar-refractivity contribution >= 4 is 33.4 Å². The first kappa shape index (κ1) is 18.2. The minimum absolute atomic E-state index is 0.158. The molecule has 0 aliphatic rings. The molecule has 8 heteroatoms. The van der Waals surface area contributed by atoms with E-state index in [4.69, 9.17) is 11.6 Å². The molecule has 2 N–H and O–H groups in total. The van der Waals surface area contributed by atoms with E-state index in [0.29, 0.717) is 5.56 Å². The third-order valence-electron chi connectivity index (χ3n) is 3.17. The van der Waals surface area contributed by atoms with Gasteiger partial charge in [-0.25, -0.2) is 17.5 Å². The number of aliphatic hydroxyl groups is 1. The fraction of sp³-hybridized carbons (Fsp3) is 0.200. The van der Waals surface area contributed by atoms with Crippen LogP contribution < -0.4 is 4.72 Å². The average molecular weight is 376 g/mol. The molecule has 0 aliphatic heterocycles. The minimum atomic E-state index is -3.88. The molecule has 0 bridgehead atoms. The summed E-state index contributed by atoms with van der Waals surface area (Å²) in [6.07, 6.45) is 0.949. The minimum Gasteiger partial charge on any atom is -0.387 e. The number of hydrogen-bond donors (Lipinski definition) is 2. The van der Waals surface area contributed by atoms with Gasteiger partial charge in [0.15, 0.2) is 0 Å². The van der Waals surface area contributed by atoms with Gasteiger partial charge < -0.3 is 5.11 Å². The molecule has 2 rings (SSSR count). The molecule has 2 aromatic rings. The Kier molecular flexibility index (Phi) is 6.05. The maximum atomic E-state index is 13.1. The second-order valence-electron chi connectivity index (χ2n) is 4.72. The number of hydrogen-bond acceptors (Lipinski definition) is 4. The van der Waals surface area contributed by atoms with Crippen molar-refractivity contribution < 1.29 is 17.9 Å². The lowest BCUT2D eigenvalue weighted by atomic mass is 10.1. The fourth-order valence-electron chi connectivity index (χ4n) is 1.86. The standard InChI is InChI=1S/C15H15ClFNO3S2/c1-22-11-4-2-10(3-5-11)15(19)9-18-23(20,21)12-6-7-14(17)13(16)8-12/h2-8,15,18-19H,9H2,1H3/t15-/m1/s1. The van der Waals surface area contributed by atoms with Gasteiger partial charge in [0.05, 0.1) is 16.0 Å². The molecule has 0 amide bonds. The molecule has 0 aromatic heterocycles. The van der Waals surface area contributed by atoms with Crippen LogP contribution in [0.3, 0.4) is 0 Å². The lowest BCUT2D eigenvalue weighted by molar-refractivity contribution is 0.182. The molecule has 4 nitrogen and oxygen atoms in total. The summed E-state index contributed by atoms with van der Waals surface area (Å²) in [6.45, 7) is -0.198. The van der Waals surface area contributed by atoms with Crippen molar-refractivity contribution in [3.05, 3.63) is 58.9 Å². The van der Waals surface area contributed by atoms with Crippen LogP contribution in [0.1, 0.15) is 11.7 Å². The topological polar surface area (TPSA) is 66.4 Å². The summed E-state index contributed by atoms with van der Waals surface area (Å²) in [5.74, 6) is -0.695. The largest absolute Gasteiger partial charge is 0.387 e. The molecular weight excluding hydrogens is 361 g/mol. The second-order valence-corrected chi connectivity index (χ2v) is 7.77. The van der Waals surface area contributed by atoms with E-state index >= 15 is 0 Å². The number of aliphatic hydroxyl groups excluding tert-OH is 1. The Morgan fingerprint density at radius 1 is 1.26 bits per heavy atom. The van der Waals surface area contributed by atoms with Crippen LogP contribution in [-0.4, -0.2) is 26.3 Å². The van der Waals surface area contributed by atoms with E-state index in [2.05, 4.69) is 4.72 Å². The fourth-order valence-corrected chi connectivity index (χ4v) is 3.58. The van der Waals surface area contributed by atoms with E-state index in [1.54, 1.807) is 23.9 Å². The molecular formula is C15H15ClFNO3S2. The second kappa shape index (κ2) is 7.63. The molecule has 0 radical (unpaired) electrons. The Balaban J connectivity index is 2.06. The van der Waals surface area contributed by atoms with E-state index in [0.717, 1.165) is 23.1 Å². The molecule has 0 spiro atoms. The van der Waals surface area contributed by atoms with Crippen LogP contribution in [0.5, 0.6) is 0 Å². The van der Waals surface area contributed by atoms with Crippen molar-refractivity contribution in [1.29, 1.82) is 0 Å². The third kappa shape index (κ3) is 4.68. The molecule has 1 atom stereocenters. The third-order valence-corrected chi connectivity index (χ3v) is 5.62. The Morgan fingerprint density at radius 3 is 2.48 bits per heavy atom. The highest BCUT2D eigenvalue weighted by molar-refractivity contribution is 7.98. The number of rotatable bonds is 6. The first-order valence-corrected chi connectivity index (χ1v) is 9.69. The highest BCUT2D eigenvalue weighted by Crippen LogP contribution is 2.21. The average Bonchev–Trinajstić information content (AvgIpc) is 2.55. The molecule has 2 aromatic carbocycles. The van der Waals surface area contributed by atoms with Crippen molar-refractivity contribution in [2.45, 2.75) is 15.9 Å². The van der Waals surface area contributed by atoms with Crippen molar-refractivity contribution in [3.63, 3.8) is 0 Å². The maximum Gasteiger partial charge on any atom is 0.240 e. The zero-order chi connectivity index (χ0) is 17.0. The first-order chi connectivity index (χ1) is 10.8. The molecule has 23 heavy (non-hydrogen) atoms. The van der Waals surface area contributed by atoms with Crippen LogP contribution in [0.4, 0.5) is 4.39 Å². The zero-order valence-electron chi connectivity index (χ0n) is 12.2. The molecule has 0 unspecified atom stereocenters. The van der Waals surface area contributed by atoms with Crippen LogP contribution in [0.15, 0.2) is 52.3 Å². The van der Waals surface area contributed by atoms with Gasteiger partial charge in [-0.2, -0.15) is 0 Å². The zero-order valence-corrected chi connectivity index (χ0v) is 14.6. The normalized spacial score (nSPS) is 13.0. The van der Waals surface area contributed by atoms with Crippen LogP contribution >= 0.6 is 23.4 Å². The quantitative estimate of drug-likeness (QED) is 0.761.